The molecular formula is C42H58O6. The van der Waals surface area contributed by atoms with Crippen molar-refractivity contribution in [3.63, 3.8) is 0 Å². The van der Waals surface area contributed by atoms with Crippen molar-refractivity contribution < 1.29 is 29.6 Å². The molecule has 6 heteroatoms. The summed E-state index contributed by atoms with van der Waals surface area (Å²) in [6, 6.07) is 10.5. The highest BCUT2D eigenvalue weighted by atomic mass is 16.5. The molecule has 13 atom stereocenters. The molecule has 1 saturated heterocycles. The zero-order valence-corrected chi connectivity index (χ0v) is 29.6. The molecule has 262 valence electrons. The minimum atomic E-state index is -1.43. The Morgan fingerprint density at radius 3 is 2.42 bits per heavy atom. The normalized spacial score (nSPS) is 47.7. The molecule has 2 aliphatic heterocycles. The van der Waals surface area contributed by atoms with E-state index in [2.05, 4.69) is 57.2 Å². The van der Waals surface area contributed by atoms with E-state index >= 15 is 0 Å². The third-order valence-corrected chi connectivity index (χ3v) is 15.9. The molecular weight excluding hydrogens is 600 g/mol. The van der Waals surface area contributed by atoms with Crippen molar-refractivity contribution in [2.75, 3.05) is 13.2 Å². The fourth-order valence-electron chi connectivity index (χ4n) is 12.7. The van der Waals surface area contributed by atoms with Crippen molar-refractivity contribution in [2.24, 2.45) is 46.3 Å². The maximum Gasteiger partial charge on any atom is 0.159 e. The summed E-state index contributed by atoms with van der Waals surface area (Å²) in [6.07, 6.45) is 15.1. The maximum absolute atomic E-state index is 14.2. The number of benzene rings is 1. The van der Waals surface area contributed by atoms with Crippen LogP contribution in [0.2, 0.25) is 0 Å². The van der Waals surface area contributed by atoms with Gasteiger partial charge in [-0.05, 0) is 104 Å². The Balaban J connectivity index is 1.02. The molecule has 0 aromatic heterocycles. The highest BCUT2D eigenvalue weighted by molar-refractivity contribution is 5.95. The van der Waals surface area contributed by atoms with Gasteiger partial charge < -0.3 is 24.8 Å². The zero-order chi connectivity index (χ0) is 33.7. The predicted octanol–water partition coefficient (Wildman–Crippen LogP) is 6.92. The van der Waals surface area contributed by atoms with Gasteiger partial charge in [-0.15, -0.1) is 0 Å². The van der Waals surface area contributed by atoms with Gasteiger partial charge in [0.05, 0.1) is 36.1 Å². The Morgan fingerprint density at radius 1 is 0.958 bits per heavy atom. The number of carbonyl (C=O) groups excluding carboxylic acids is 1. The van der Waals surface area contributed by atoms with Crippen LogP contribution in [0.1, 0.15) is 110 Å². The summed E-state index contributed by atoms with van der Waals surface area (Å²) >= 11 is 0. The van der Waals surface area contributed by atoms with E-state index in [1.807, 2.05) is 12.1 Å². The number of hydrogen-bond acceptors (Lipinski definition) is 6. The van der Waals surface area contributed by atoms with Gasteiger partial charge in [0, 0.05) is 17.3 Å². The van der Waals surface area contributed by atoms with Crippen molar-refractivity contribution in [1.29, 1.82) is 0 Å². The van der Waals surface area contributed by atoms with E-state index in [-0.39, 0.29) is 40.8 Å². The summed E-state index contributed by atoms with van der Waals surface area (Å²) in [5.41, 5.74) is -1.81. The molecule has 5 fully saturated rings. The summed E-state index contributed by atoms with van der Waals surface area (Å²) < 4.78 is 12.9. The first kappa shape index (κ1) is 33.3. The molecule has 13 unspecified atom stereocenters. The molecule has 48 heavy (non-hydrogen) atoms. The van der Waals surface area contributed by atoms with E-state index in [0.717, 1.165) is 31.3 Å². The fraction of sp³-hybridized carbons (Fsp3) is 0.738. The van der Waals surface area contributed by atoms with Crippen molar-refractivity contribution in [3.8, 4) is 0 Å². The molecule has 0 amide bonds. The van der Waals surface area contributed by atoms with Crippen LogP contribution < -0.4 is 0 Å². The molecule has 1 aromatic rings. The quantitative estimate of drug-likeness (QED) is 0.297. The molecule has 1 aromatic carbocycles. The molecule has 0 bridgehead atoms. The summed E-state index contributed by atoms with van der Waals surface area (Å²) in [7, 11) is 0. The van der Waals surface area contributed by atoms with E-state index in [1.54, 1.807) is 6.92 Å². The van der Waals surface area contributed by atoms with Gasteiger partial charge in [0.25, 0.3) is 0 Å². The van der Waals surface area contributed by atoms with Crippen molar-refractivity contribution >= 4 is 5.78 Å². The topological polar surface area (TPSA) is 96.2 Å². The van der Waals surface area contributed by atoms with Gasteiger partial charge in [0.15, 0.2) is 5.78 Å². The van der Waals surface area contributed by atoms with Crippen molar-refractivity contribution in [2.45, 2.75) is 133 Å². The summed E-state index contributed by atoms with van der Waals surface area (Å²) in [6.45, 7) is 9.65. The van der Waals surface area contributed by atoms with E-state index in [0.29, 0.717) is 44.3 Å². The number of ether oxygens (including phenoxy) is 2. The van der Waals surface area contributed by atoms with E-state index in [4.69, 9.17) is 9.47 Å². The number of hydrogen-bond donors (Lipinski definition) is 3. The van der Waals surface area contributed by atoms with E-state index in [1.165, 1.54) is 31.2 Å². The molecule has 7 aliphatic rings. The van der Waals surface area contributed by atoms with Gasteiger partial charge in [-0.3, -0.25) is 4.79 Å². The molecule has 5 aliphatic carbocycles. The van der Waals surface area contributed by atoms with Crippen LogP contribution in [0.5, 0.6) is 0 Å². The Bertz CT molecular complexity index is 1460. The number of allylic oxidation sites excluding steroid dienone is 1. The fourth-order valence-corrected chi connectivity index (χ4v) is 12.7. The van der Waals surface area contributed by atoms with Crippen LogP contribution in [0.15, 0.2) is 54.1 Å². The van der Waals surface area contributed by atoms with Crippen LogP contribution in [0.25, 0.3) is 0 Å². The van der Waals surface area contributed by atoms with Gasteiger partial charge >= 0.3 is 0 Å². The van der Waals surface area contributed by atoms with Gasteiger partial charge in [-0.2, -0.15) is 0 Å². The lowest BCUT2D eigenvalue weighted by atomic mass is 9.45. The minimum Gasteiger partial charge on any atom is -0.387 e. The standard InChI is InChI=1S/C42H58O6/c1-26-30(28-12-8-9-13-28)25-47-36(26)37(44)40(4,45)35-16-19-42(46)32-22-34(43)33-23-41(18-14-29(24-48-41)27-10-6-5-7-11-27)21-20-38(33,2)31(32)15-17-39(35,42)3/h5-7,10-11,14,18,22,26,28-31,33,35-37,44-46H,8-9,12-13,15-17,19-21,23-25H2,1-4H3. The van der Waals surface area contributed by atoms with Gasteiger partial charge in [-0.1, -0.05) is 88.9 Å². The van der Waals surface area contributed by atoms with Gasteiger partial charge in [0.1, 0.15) is 6.10 Å². The Hall–Kier alpha value is -1.83. The number of aliphatic hydroxyl groups excluding tert-OH is 1. The average molecular weight is 659 g/mol. The highest BCUT2D eigenvalue weighted by Gasteiger charge is 2.70. The van der Waals surface area contributed by atoms with Crippen molar-refractivity contribution in [1.82, 2.24) is 0 Å². The van der Waals surface area contributed by atoms with Crippen LogP contribution in [-0.4, -0.2) is 63.3 Å². The lowest BCUT2D eigenvalue weighted by Crippen LogP contribution is -2.63. The van der Waals surface area contributed by atoms with Crippen LogP contribution in [0, 0.1) is 46.3 Å². The van der Waals surface area contributed by atoms with Crippen molar-refractivity contribution in [3.05, 3.63) is 59.7 Å². The van der Waals surface area contributed by atoms with E-state index in [9.17, 15) is 20.1 Å². The molecule has 3 N–H and O–H groups in total. The molecule has 8 rings (SSSR count). The first-order chi connectivity index (χ1) is 22.8. The molecule has 1 spiro atoms. The van der Waals surface area contributed by atoms with E-state index < -0.39 is 34.4 Å². The second-order valence-electron chi connectivity index (χ2n) is 18.0. The first-order valence-electron chi connectivity index (χ1n) is 19.2. The van der Waals surface area contributed by atoms with Gasteiger partial charge in [-0.25, -0.2) is 0 Å². The monoisotopic (exact) mass is 658 g/mol. The third-order valence-electron chi connectivity index (χ3n) is 15.9. The molecule has 4 saturated carbocycles. The second-order valence-corrected chi connectivity index (χ2v) is 18.0. The van der Waals surface area contributed by atoms with Crippen LogP contribution in [-0.2, 0) is 14.3 Å². The molecule has 6 nitrogen and oxygen atoms in total. The lowest BCUT2D eigenvalue weighted by Gasteiger charge is -2.61. The Kier molecular flexibility index (Phi) is 8.05. The number of fused-ring (bicyclic) bond motifs is 5. The maximum atomic E-state index is 14.2. The summed E-state index contributed by atoms with van der Waals surface area (Å²) in [5, 5.41) is 37.0. The predicted molar refractivity (Wildman–Crippen MR) is 185 cm³/mol. The number of ketones is 1. The number of carbonyl (C=O) groups is 1. The minimum absolute atomic E-state index is 0.110. The Labute approximate surface area is 287 Å². The average Bonchev–Trinajstić information content (AvgIpc) is 3.81. The highest BCUT2D eigenvalue weighted by Crippen LogP contribution is 2.69. The Morgan fingerprint density at radius 2 is 1.71 bits per heavy atom. The summed E-state index contributed by atoms with van der Waals surface area (Å²) in [4.78, 5) is 14.2. The second kappa shape index (κ2) is 11.6. The molecule has 0 radical (unpaired) electrons. The van der Waals surface area contributed by atoms with Crippen LogP contribution >= 0.6 is 0 Å². The summed E-state index contributed by atoms with van der Waals surface area (Å²) in [5.74, 6) is 1.24. The lowest BCUT2D eigenvalue weighted by molar-refractivity contribution is -0.194. The SMILES string of the molecule is CC1C(C2CCCC2)COC1C(O)C(C)(O)C1CCC2(O)C3=CC(=O)C4CC5(C=CC(c6ccccc6)CO5)CCC4(C)C3CCC12C. The number of aliphatic hydroxyl groups is 3. The first-order valence-corrected chi connectivity index (χ1v) is 19.2. The largest absolute Gasteiger partial charge is 0.387 e. The smallest absolute Gasteiger partial charge is 0.159 e. The number of rotatable bonds is 5. The zero-order valence-electron chi connectivity index (χ0n) is 29.6. The third kappa shape index (κ3) is 4.78. The van der Waals surface area contributed by atoms with Crippen LogP contribution in [0.4, 0.5) is 0 Å². The molecule has 2 heterocycles. The van der Waals surface area contributed by atoms with Gasteiger partial charge in [0.2, 0.25) is 0 Å². The van der Waals surface area contributed by atoms with Crippen LogP contribution in [0.3, 0.4) is 0 Å².